The summed E-state index contributed by atoms with van der Waals surface area (Å²) >= 11 is 0. The molecular weight excluding hydrogens is 342 g/mol. The third kappa shape index (κ3) is 4.54. The van der Waals surface area contributed by atoms with Gasteiger partial charge in [0, 0.05) is 12.0 Å². The Labute approximate surface area is 159 Å². The molecule has 2 heterocycles. The van der Waals surface area contributed by atoms with Gasteiger partial charge in [0.1, 0.15) is 5.82 Å². The Kier molecular flexibility index (Phi) is 5.60. The molecule has 2 amide bonds. The largest absolute Gasteiger partial charge is 0.369 e. The molecule has 1 aromatic carbocycles. The lowest BCUT2D eigenvalue weighted by Gasteiger charge is -2.29. The van der Waals surface area contributed by atoms with Crippen LogP contribution in [0.25, 0.3) is 5.69 Å². The van der Waals surface area contributed by atoms with Crippen LogP contribution >= 0.6 is 0 Å². The molecule has 7 heteroatoms. The van der Waals surface area contributed by atoms with Gasteiger partial charge in [0.15, 0.2) is 0 Å². The topological polar surface area (TPSA) is 93.2 Å². The van der Waals surface area contributed by atoms with Crippen molar-refractivity contribution in [1.29, 1.82) is 0 Å². The first-order valence-corrected chi connectivity index (χ1v) is 9.29. The van der Waals surface area contributed by atoms with Gasteiger partial charge in [0.2, 0.25) is 11.8 Å². The minimum atomic E-state index is -0.244. The van der Waals surface area contributed by atoms with Crippen LogP contribution in [0.3, 0.4) is 0 Å². The van der Waals surface area contributed by atoms with Crippen molar-refractivity contribution in [2.24, 2.45) is 11.7 Å². The number of likely N-dealkylation sites (tertiary alicyclic amines) is 1. The predicted molar refractivity (Wildman–Crippen MR) is 105 cm³/mol. The van der Waals surface area contributed by atoms with Crippen molar-refractivity contribution in [3.63, 3.8) is 0 Å². The molecule has 1 aliphatic heterocycles. The second-order valence-corrected chi connectivity index (χ2v) is 7.37. The van der Waals surface area contributed by atoms with Gasteiger partial charge in [0.05, 0.1) is 17.9 Å². The smallest absolute Gasteiger partial charge is 0.239 e. The van der Waals surface area contributed by atoms with E-state index in [9.17, 15) is 9.59 Å². The predicted octanol–water partition coefficient (Wildman–Crippen LogP) is 1.93. The highest BCUT2D eigenvalue weighted by atomic mass is 16.2. The van der Waals surface area contributed by atoms with E-state index in [0.717, 1.165) is 22.5 Å². The van der Waals surface area contributed by atoms with E-state index < -0.39 is 0 Å². The summed E-state index contributed by atoms with van der Waals surface area (Å²) < 4.78 is 1.79. The van der Waals surface area contributed by atoms with E-state index in [2.05, 4.69) is 33.5 Å². The van der Waals surface area contributed by atoms with E-state index in [4.69, 9.17) is 5.73 Å². The van der Waals surface area contributed by atoms with Crippen molar-refractivity contribution in [3.8, 4) is 5.69 Å². The summed E-state index contributed by atoms with van der Waals surface area (Å²) in [7, 11) is 0. The number of rotatable bonds is 5. The fraction of sp³-hybridized carbons (Fsp3) is 0.450. The van der Waals surface area contributed by atoms with Gasteiger partial charge in [-0.2, -0.15) is 5.10 Å². The van der Waals surface area contributed by atoms with Gasteiger partial charge in [-0.15, -0.1) is 0 Å². The Morgan fingerprint density at radius 2 is 1.89 bits per heavy atom. The summed E-state index contributed by atoms with van der Waals surface area (Å²) in [5, 5.41) is 7.54. The van der Waals surface area contributed by atoms with Gasteiger partial charge in [-0.25, -0.2) is 4.68 Å². The number of hydrogen-bond donors (Lipinski definition) is 2. The van der Waals surface area contributed by atoms with Crippen LogP contribution in [0.15, 0.2) is 24.3 Å². The Morgan fingerprint density at radius 3 is 2.56 bits per heavy atom. The van der Waals surface area contributed by atoms with Crippen molar-refractivity contribution in [1.82, 2.24) is 14.7 Å². The van der Waals surface area contributed by atoms with Crippen LogP contribution in [0.1, 0.15) is 29.7 Å². The van der Waals surface area contributed by atoms with Crippen molar-refractivity contribution < 1.29 is 9.59 Å². The third-order valence-corrected chi connectivity index (χ3v) is 5.05. The molecule has 0 unspecified atom stereocenters. The fourth-order valence-corrected chi connectivity index (χ4v) is 3.48. The Hall–Kier alpha value is -2.67. The zero-order valence-corrected chi connectivity index (χ0v) is 16.2. The summed E-state index contributed by atoms with van der Waals surface area (Å²) in [5.74, 6) is 0.266. The van der Waals surface area contributed by atoms with Gasteiger partial charge in [-0.1, -0.05) is 12.1 Å². The first kappa shape index (κ1) is 19.1. The molecular formula is C20H27N5O2. The number of anilines is 1. The van der Waals surface area contributed by atoms with Crippen molar-refractivity contribution in [3.05, 3.63) is 41.1 Å². The van der Waals surface area contributed by atoms with E-state index in [1.54, 1.807) is 4.68 Å². The molecule has 1 saturated heterocycles. The Morgan fingerprint density at radius 1 is 1.19 bits per heavy atom. The lowest BCUT2D eigenvalue weighted by atomic mass is 9.96. The third-order valence-electron chi connectivity index (χ3n) is 5.05. The average molecular weight is 369 g/mol. The molecule has 3 N–H and O–H groups in total. The van der Waals surface area contributed by atoms with Gasteiger partial charge in [-0.05, 0) is 63.9 Å². The number of nitrogens with zero attached hydrogens (tertiary/aromatic N) is 3. The van der Waals surface area contributed by atoms with Gasteiger partial charge in [0.25, 0.3) is 0 Å². The second kappa shape index (κ2) is 7.92. The second-order valence-electron chi connectivity index (χ2n) is 7.37. The number of carbonyl (C=O) groups excluding carboxylic acids is 2. The van der Waals surface area contributed by atoms with E-state index in [-0.39, 0.29) is 17.7 Å². The van der Waals surface area contributed by atoms with Crippen LogP contribution in [0.2, 0.25) is 0 Å². The van der Waals surface area contributed by atoms with E-state index in [1.165, 1.54) is 0 Å². The summed E-state index contributed by atoms with van der Waals surface area (Å²) in [6.07, 6.45) is 1.42. The van der Waals surface area contributed by atoms with Crippen LogP contribution in [-0.4, -0.2) is 46.1 Å². The molecule has 0 aliphatic carbocycles. The first-order valence-electron chi connectivity index (χ1n) is 9.29. The van der Waals surface area contributed by atoms with E-state index in [0.29, 0.717) is 38.3 Å². The number of aryl methyl sites for hydroxylation is 3. The lowest BCUT2D eigenvalue weighted by molar-refractivity contribution is -0.123. The monoisotopic (exact) mass is 369 g/mol. The lowest BCUT2D eigenvalue weighted by Crippen LogP contribution is -2.42. The molecule has 0 bridgehead atoms. The highest BCUT2D eigenvalue weighted by Crippen LogP contribution is 2.22. The molecule has 1 fully saturated rings. The number of piperidine rings is 1. The molecule has 1 aromatic heterocycles. The van der Waals surface area contributed by atoms with Crippen LogP contribution in [0.5, 0.6) is 0 Å². The molecule has 1 aliphatic rings. The minimum Gasteiger partial charge on any atom is -0.369 e. The molecule has 0 radical (unpaired) electrons. The number of carbonyl (C=O) groups is 2. The number of aromatic nitrogens is 2. The average Bonchev–Trinajstić information content (AvgIpc) is 2.97. The summed E-state index contributed by atoms with van der Waals surface area (Å²) in [5.41, 5.74) is 9.39. The molecule has 144 valence electrons. The van der Waals surface area contributed by atoms with Crippen LogP contribution in [0, 0.1) is 26.7 Å². The summed E-state index contributed by atoms with van der Waals surface area (Å²) in [4.78, 5) is 25.9. The molecule has 27 heavy (non-hydrogen) atoms. The summed E-state index contributed by atoms with van der Waals surface area (Å²) in [6, 6.07) is 8.05. The van der Waals surface area contributed by atoms with Crippen LogP contribution in [-0.2, 0) is 9.59 Å². The summed E-state index contributed by atoms with van der Waals surface area (Å²) in [6.45, 7) is 7.68. The SMILES string of the molecule is Cc1ccc(C)c(-n2nc(C)cc2NC(=O)CN2CCC(C(N)=O)CC2)c1. The number of hydrogen-bond acceptors (Lipinski definition) is 4. The highest BCUT2D eigenvalue weighted by Gasteiger charge is 2.24. The molecule has 0 spiro atoms. The molecule has 2 aromatic rings. The molecule has 0 saturated carbocycles. The van der Waals surface area contributed by atoms with Crippen molar-refractivity contribution in [2.75, 3.05) is 25.0 Å². The van der Waals surface area contributed by atoms with Gasteiger partial charge >= 0.3 is 0 Å². The quantitative estimate of drug-likeness (QED) is 0.842. The Bertz CT molecular complexity index is 850. The minimum absolute atomic E-state index is 0.0716. The molecule has 0 atom stereocenters. The van der Waals surface area contributed by atoms with E-state index in [1.807, 2.05) is 26.8 Å². The maximum absolute atomic E-state index is 12.6. The number of nitrogens with two attached hydrogens (primary N) is 1. The standard InChI is InChI=1S/C20H27N5O2/c1-13-4-5-14(2)17(10-13)25-18(11-15(3)23-25)22-19(26)12-24-8-6-16(7-9-24)20(21)27/h4-5,10-11,16H,6-9,12H2,1-3H3,(H2,21,27)(H,22,26). The Balaban J connectivity index is 1.69. The van der Waals surface area contributed by atoms with Gasteiger partial charge < -0.3 is 11.1 Å². The van der Waals surface area contributed by atoms with Crippen molar-refractivity contribution in [2.45, 2.75) is 33.6 Å². The molecule has 3 rings (SSSR count). The fourth-order valence-electron chi connectivity index (χ4n) is 3.48. The number of amides is 2. The molecule has 7 nitrogen and oxygen atoms in total. The first-order chi connectivity index (χ1) is 12.8. The normalized spacial score (nSPS) is 15.7. The number of primary amides is 1. The van der Waals surface area contributed by atoms with Crippen LogP contribution in [0.4, 0.5) is 5.82 Å². The van der Waals surface area contributed by atoms with E-state index >= 15 is 0 Å². The highest BCUT2D eigenvalue weighted by molar-refractivity contribution is 5.91. The number of benzene rings is 1. The van der Waals surface area contributed by atoms with Crippen LogP contribution < -0.4 is 11.1 Å². The zero-order valence-electron chi connectivity index (χ0n) is 16.2. The zero-order chi connectivity index (χ0) is 19.6. The van der Waals surface area contributed by atoms with Crippen molar-refractivity contribution >= 4 is 17.6 Å². The maximum Gasteiger partial charge on any atom is 0.239 e. The van der Waals surface area contributed by atoms with Gasteiger partial charge in [-0.3, -0.25) is 14.5 Å². The number of nitrogens with one attached hydrogen (secondary N) is 1. The maximum atomic E-state index is 12.6.